The lowest BCUT2D eigenvalue weighted by Crippen LogP contribution is -2.49. The smallest absolute Gasteiger partial charge is 0.409 e. The predicted octanol–water partition coefficient (Wildman–Crippen LogP) is 3.30. The quantitative estimate of drug-likeness (QED) is 0.0681. The first-order valence-electron chi connectivity index (χ1n) is 17.5. The number of esters is 1. The molecule has 2 aromatic rings. The van der Waals surface area contributed by atoms with Crippen molar-refractivity contribution in [3.05, 3.63) is 58.1 Å². The normalized spacial score (nSPS) is 14.3. The minimum atomic E-state index is -4.21. The van der Waals surface area contributed by atoms with Crippen LogP contribution in [0.2, 0.25) is 0 Å². The maximum absolute atomic E-state index is 13.5. The van der Waals surface area contributed by atoms with Gasteiger partial charge in [-0.05, 0) is 90.5 Å². The molecule has 5 N–H and O–H groups in total. The van der Waals surface area contributed by atoms with Gasteiger partial charge in [0.15, 0.2) is 0 Å². The number of carbonyl (C=O) groups is 4. The van der Waals surface area contributed by atoms with Crippen LogP contribution < -0.4 is 26.4 Å². The molecule has 0 radical (unpaired) electrons. The number of fused-ring (bicyclic) bond motifs is 1. The molecule has 1 atom stereocenters. The number of hydrogen-bond acceptors (Lipinski definition) is 9. The van der Waals surface area contributed by atoms with Crippen molar-refractivity contribution in [1.29, 1.82) is 0 Å². The zero-order chi connectivity index (χ0) is 39.7. The fraction of sp³-hybridized carbons (Fsp3) is 0.541. The molecule has 1 aliphatic rings. The number of ether oxygens (including phenoxy) is 3. The summed E-state index contributed by atoms with van der Waals surface area (Å²) in [7, 11) is -2.68. The Hall–Kier alpha value is -4.86. The van der Waals surface area contributed by atoms with Gasteiger partial charge in [-0.15, -0.1) is 4.40 Å². The molecule has 0 bridgehead atoms. The molecule has 292 valence electrons. The Bertz CT molecular complexity index is 1800. The van der Waals surface area contributed by atoms with Gasteiger partial charge in [-0.1, -0.05) is 30.3 Å². The minimum absolute atomic E-state index is 0.0501. The van der Waals surface area contributed by atoms with Gasteiger partial charge < -0.3 is 40.8 Å². The van der Waals surface area contributed by atoms with Gasteiger partial charge in [-0.3, -0.25) is 14.4 Å². The second kappa shape index (κ2) is 17.8. The number of benzene rings is 2. The van der Waals surface area contributed by atoms with Gasteiger partial charge >= 0.3 is 12.1 Å². The van der Waals surface area contributed by atoms with E-state index in [0.717, 1.165) is 16.7 Å². The highest BCUT2D eigenvalue weighted by atomic mass is 32.2. The van der Waals surface area contributed by atoms with Gasteiger partial charge in [-0.2, -0.15) is 8.42 Å². The second-order valence-electron chi connectivity index (χ2n) is 14.7. The third-order valence-corrected chi connectivity index (χ3v) is 9.95. The maximum atomic E-state index is 13.5. The first kappa shape index (κ1) is 42.6. The summed E-state index contributed by atoms with van der Waals surface area (Å²) in [6.07, 6.45) is -0.290. The topological polar surface area (TPSA) is 208 Å². The Labute approximate surface area is 312 Å². The van der Waals surface area contributed by atoms with E-state index in [1.165, 1.54) is 11.9 Å². The van der Waals surface area contributed by atoms with E-state index in [4.69, 9.17) is 19.9 Å². The number of rotatable bonds is 15. The van der Waals surface area contributed by atoms with Gasteiger partial charge in [0.05, 0.1) is 4.90 Å². The molecule has 3 rings (SSSR count). The molecule has 0 fully saturated rings. The average molecular weight is 759 g/mol. The van der Waals surface area contributed by atoms with Crippen LogP contribution in [-0.4, -0.2) is 87.1 Å². The fourth-order valence-electron chi connectivity index (χ4n) is 5.78. The minimum Gasteiger partial charge on any atom is -0.487 e. The van der Waals surface area contributed by atoms with Crippen LogP contribution in [0, 0.1) is 20.8 Å². The Morgan fingerprint density at radius 1 is 1.02 bits per heavy atom. The zero-order valence-corrected chi connectivity index (χ0v) is 33.0. The Morgan fingerprint density at radius 3 is 2.32 bits per heavy atom. The molecule has 16 heteroatoms. The summed E-state index contributed by atoms with van der Waals surface area (Å²) in [4.78, 5) is 52.0. The van der Waals surface area contributed by atoms with Crippen molar-refractivity contribution in [2.24, 2.45) is 10.1 Å². The predicted molar refractivity (Wildman–Crippen MR) is 200 cm³/mol. The Kier molecular flexibility index (Phi) is 14.3. The van der Waals surface area contributed by atoms with Crippen LogP contribution in [0.5, 0.6) is 5.75 Å². The number of sulfonamides is 1. The van der Waals surface area contributed by atoms with Gasteiger partial charge in [0.1, 0.15) is 36.0 Å². The van der Waals surface area contributed by atoms with Gasteiger partial charge in [0, 0.05) is 38.7 Å². The molecular formula is C37H54N6O9S. The van der Waals surface area contributed by atoms with Crippen molar-refractivity contribution in [3.63, 3.8) is 0 Å². The zero-order valence-electron chi connectivity index (χ0n) is 32.2. The second-order valence-corrected chi connectivity index (χ2v) is 16.2. The molecule has 0 spiro atoms. The Balaban J connectivity index is 1.61. The fourth-order valence-corrected chi connectivity index (χ4v) is 7.24. The van der Waals surface area contributed by atoms with Crippen LogP contribution in [0.1, 0.15) is 81.7 Å². The lowest BCUT2D eigenvalue weighted by molar-refractivity contribution is -0.156. The van der Waals surface area contributed by atoms with E-state index >= 15 is 0 Å². The van der Waals surface area contributed by atoms with E-state index < -0.39 is 57.6 Å². The molecule has 15 nitrogen and oxygen atoms in total. The maximum Gasteiger partial charge on any atom is 0.409 e. The molecule has 0 aliphatic carbocycles. The van der Waals surface area contributed by atoms with Crippen molar-refractivity contribution >= 4 is 39.9 Å². The summed E-state index contributed by atoms with van der Waals surface area (Å²) >= 11 is 0. The summed E-state index contributed by atoms with van der Waals surface area (Å²) in [5.41, 5.74) is 8.23. The van der Waals surface area contributed by atoms with E-state index in [2.05, 4.69) is 20.3 Å². The monoisotopic (exact) mass is 758 g/mol. The summed E-state index contributed by atoms with van der Waals surface area (Å²) < 4.78 is 47.5. The molecule has 53 heavy (non-hydrogen) atoms. The van der Waals surface area contributed by atoms with E-state index in [-0.39, 0.29) is 49.9 Å². The number of guanidine groups is 1. The molecular weight excluding hydrogens is 705 g/mol. The summed E-state index contributed by atoms with van der Waals surface area (Å²) in [5, 5.41) is 8.05. The molecule has 0 aromatic heterocycles. The van der Waals surface area contributed by atoms with Crippen molar-refractivity contribution in [1.82, 2.24) is 20.9 Å². The molecule has 2 aromatic carbocycles. The van der Waals surface area contributed by atoms with Crippen molar-refractivity contribution in [2.45, 2.75) is 110 Å². The van der Waals surface area contributed by atoms with E-state index in [1.807, 2.05) is 51.1 Å². The molecule has 3 amide bonds. The van der Waals surface area contributed by atoms with Gasteiger partial charge in [0.25, 0.3) is 10.0 Å². The number of likely N-dealkylation sites (N-methyl/N-ethyl adjacent to an activating group) is 1. The Morgan fingerprint density at radius 2 is 1.68 bits per heavy atom. The van der Waals surface area contributed by atoms with Crippen LogP contribution in [0.25, 0.3) is 0 Å². The summed E-state index contributed by atoms with van der Waals surface area (Å²) in [6.45, 7) is 14.5. The van der Waals surface area contributed by atoms with Gasteiger partial charge in [0.2, 0.25) is 17.8 Å². The number of nitrogens with one attached hydrogen (secondary N) is 3. The highest BCUT2D eigenvalue weighted by Gasteiger charge is 2.36. The number of nitrogens with two attached hydrogens (primary N) is 1. The first-order valence-corrected chi connectivity index (χ1v) is 18.9. The largest absolute Gasteiger partial charge is 0.487 e. The standard InChI is InChI=1S/C37H54N6O9S/c1-23-24(2)32(25(3)27-21-37(7,8)52-31(23)27)53(48,49)42-34(38)40-17-13-16-28(41-29(44)20-30(45)51-36(4,5)6)33(46)39-18-19-43(9)35(47)50-22-26-14-11-10-12-15-26/h10-12,14-15,28H,13,16-22H2,1-9H3,(H,39,46)(H,41,44)(H3,38,40,42)/t28-/m1/s1. The number of amides is 3. The van der Waals surface area contributed by atoms with E-state index in [0.29, 0.717) is 23.3 Å². The van der Waals surface area contributed by atoms with Gasteiger partial charge in [-0.25, -0.2) is 4.79 Å². The molecule has 0 saturated carbocycles. The van der Waals surface area contributed by atoms with Crippen LogP contribution in [-0.2, 0) is 46.9 Å². The molecule has 0 unspecified atom stereocenters. The molecule has 1 heterocycles. The van der Waals surface area contributed by atoms with Crippen LogP contribution >= 0.6 is 0 Å². The van der Waals surface area contributed by atoms with Crippen molar-refractivity contribution in [3.8, 4) is 5.75 Å². The lowest BCUT2D eigenvalue weighted by atomic mass is 9.94. The highest BCUT2D eigenvalue weighted by Crippen LogP contribution is 2.44. The number of hydrogen-bond donors (Lipinski definition) is 4. The molecule has 0 saturated heterocycles. The summed E-state index contributed by atoms with van der Waals surface area (Å²) in [6, 6.07) is 8.12. The van der Waals surface area contributed by atoms with Crippen LogP contribution in [0.4, 0.5) is 4.79 Å². The lowest BCUT2D eigenvalue weighted by Gasteiger charge is -2.22. The summed E-state index contributed by atoms with van der Waals surface area (Å²) in [5.74, 6) is -1.66. The SMILES string of the molecule is Cc1c(C)c(S(=O)(=O)/N=C(/N)NCCC[C@@H](NC(=O)CC(=O)OC(C)(C)C)C(=O)NCCN(C)C(=O)OCc2ccccc2)c(C)c2c1OC(C)(C)C2. The van der Waals surface area contributed by atoms with Crippen molar-refractivity contribution < 1.29 is 41.8 Å². The van der Waals surface area contributed by atoms with E-state index in [1.54, 1.807) is 34.6 Å². The van der Waals surface area contributed by atoms with Crippen LogP contribution in [0.15, 0.2) is 39.6 Å². The number of carbonyl (C=O) groups excluding carboxylic acids is 4. The van der Waals surface area contributed by atoms with Crippen molar-refractivity contribution in [2.75, 3.05) is 26.7 Å². The van der Waals surface area contributed by atoms with Crippen LogP contribution in [0.3, 0.4) is 0 Å². The van der Waals surface area contributed by atoms with E-state index in [9.17, 15) is 27.6 Å². The molecule has 1 aliphatic heterocycles. The highest BCUT2D eigenvalue weighted by molar-refractivity contribution is 7.90. The third kappa shape index (κ3) is 12.6. The third-order valence-electron chi connectivity index (χ3n) is 8.38. The number of nitrogens with zero attached hydrogens (tertiary/aromatic N) is 2. The first-order chi connectivity index (χ1) is 24.6. The average Bonchev–Trinajstić information content (AvgIpc) is 3.38.